The first-order valence-corrected chi connectivity index (χ1v) is 7.50. The van der Waals surface area contributed by atoms with Crippen LogP contribution in [-0.2, 0) is 4.79 Å². The van der Waals surface area contributed by atoms with Gasteiger partial charge in [-0.1, -0.05) is 13.8 Å². The Kier molecular flexibility index (Phi) is 4.69. The number of amides is 1. The zero-order chi connectivity index (χ0) is 15.6. The Bertz CT molecular complexity index is 637. The van der Waals surface area contributed by atoms with Gasteiger partial charge in [-0.3, -0.25) is 4.79 Å². The molecule has 0 bridgehead atoms. The molecule has 0 saturated heterocycles. The van der Waals surface area contributed by atoms with Crippen LogP contribution in [0.5, 0.6) is 0 Å². The van der Waals surface area contributed by atoms with Crippen molar-refractivity contribution in [1.29, 1.82) is 0 Å². The fraction of sp³-hybridized carbons (Fsp3) is 0.333. The van der Waals surface area contributed by atoms with E-state index in [-0.39, 0.29) is 17.6 Å². The summed E-state index contributed by atoms with van der Waals surface area (Å²) in [5.74, 6) is -0.477. The fourth-order valence-electron chi connectivity index (χ4n) is 1.82. The molecule has 1 aromatic carbocycles. The molecular weight excluding hydrogens is 289 g/mol. The molecule has 2 aromatic rings. The average Bonchev–Trinajstić information content (AvgIpc) is 2.79. The highest BCUT2D eigenvalue weighted by atomic mass is 32.1. The van der Waals surface area contributed by atoms with Gasteiger partial charge in [0.1, 0.15) is 5.82 Å². The first kappa shape index (κ1) is 15.6. The van der Waals surface area contributed by atoms with Crippen LogP contribution in [0.25, 0.3) is 11.3 Å². The van der Waals surface area contributed by atoms with Gasteiger partial charge in [0, 0.05) is 10.4 Å². The second-order valence-corrected chi connectivity index (χ2v) is 6.39. The van der Waals surface area contributed by atoms with E-state index in [2.05, 4.69) is 10.3 Å². The van der Waals surface area contributed by atoms with Crippen LogP contribution in [0.15, 0.2) is 24.3 Å². The van der Waals surface area contributed by atoms with E-state index < -0.39 is 6.04 Å². The van der Waals surface area contributed by atoms with Crippen LogP contribution >= 0.6 is 11.3 Å². The van der Waals surface area contributed by atoms with Crippen molar-refractivity contribution in [2.45, 2.75) is 26.8 Å². The van der Waals surface area contributed by atoms with E-state index in [1.807, 2.05) is 20.8 Å². The number of aryl methyl sites for hydroxylation is 1. The molecule has 0 fully saturated rings. The summed E-state index contributed by atoms with van der Waals surface area (Å²) in [6.07, 6.45) is 0. The Morgan fingerprint density at radius 1 is 1.33 bits per heavy atom. The fourth-order valence-corrected chi connectivity index (χ4v) is 2.66. The van der Waals surface area contributed by atoms with Crippen molar-refractivity contribution in [2.24, 2.45) is 11.7 Å². The molecule has 1 amide bonds. The number of nitrogens with one attached hydrogen (secondary N) is 1. The first-order valence-electron chi connectivity index (χ1n) is 6.68. The quantitative estimate of drug-likeness (QED) is 0.911. The average molecular weight is 307 g/mol. The van der Waals surface area contributed by atoms with Crippen molar-refractivity contribution in [1.82, 2.24) is 4.98 Å². The van der Waals surface area contributed by atoms with Crippen LogP contribution in [0, 0.1) is 18.7 Å². The second kappa shape index (κ2) is 6.32. The molecule has 1 heterocycles. The summed E-state index contributed by atoms with van der Waals surface area (Å²) in [5, 5.41) is 3.24. The minimum absolute atomic E-state index is 0.0580. The van der Waals surface area contributed by atoms with Gasteiger partial charge in [-0.2, -0.15) is 0 Å². The smallest absolute Gasteiger partial charge is 0.243 e. The van der Waals surface area contributed by atoms with Crippen LogP contribution in [-0.4, -0.2) is 16.9 Å². The van der Waals surface area contributed by atoms with E-state index in [0.717, 1.165) is 16.1 Å². The summed E-state index contributed by atoms with van der Waals surface area (Å²) in [6, 6.07) is 5.55. The molecule has 21 heavy (non-hydrogen) atoms. The number of halogens is 1. The number of carbonyl (C=O) groups is 1. The summed E-state index contributed by atoms with van der Waals surface area (Å²) in [7, 11) is 0. The third kappa shape index (κ3) is 3.65. The molecule has 1 aromatic heterocycles. The van der Waals surface area contributed by atoms with Crippen molar-refractivity contribution in [3.63, 3.8) is 0 Å². The molecule has 1 unspecified atom stereocenters. The Hall–Kier alpha value is -1.79. The van der Waals surface area contributed by atoms with Gasteiger partial charge >= 0.3 is 0 Å². The molecule has 0 aliphatic rings. The lowest BCUT2D eigenvalue weighted by Crippen LogP contribution is -2.39. The number of aromatic nitrogens is 1. The van der Waals surface area contributed by atoms with Gasteiger partial charge in [-0.15, -0.1) is 11.3 Å². The molecule has 2 rings (SSSR count). The summed E-state index contributed by atoms with van der Waals surface area (Å²) >= 11 is 1.38. The number of carbonyl (C=O) groups excluding carboxylic acids is 1. The first-order chi connectivity index (χ1) is 9.88. The lowest BCUT2D eigenvalue weighted by Gasteiger charge is -2.13. The summed E-state index contributed by atoms with van der Waals surface area (Å²) in [4.78, 5) is 17.3. The van der Waals surface area contributed by atoms with Crippen LogP contribution in [0.4, 0.5) is 9.52 Å². The van der Waals surface area contributed by atoms with Crippen LogP contribution in [0.3, 0.4) is 0 Å². The van der Waals surface area contributed by atoms with Gasteiger partial charge in [0.15, 0.2) is 5.13 Å². The van der Waals surface area contributed by atoms with Crippen LogP contribution < -0.4 is 11.1 Å². The molecular formula is C15H18FN3OS. The Balaban J connectivity index is 2.20. The molecule has 4 nitrogen and oxygen atoms in total. The molecule has 0 aliphatic heterocycles. The number of rotatable bonds is 4. The van der Waals surface area contributed by atoms with Gasteiger partial charge in [-0.25, -0.2) is 9.37 Å². The molecule has 0 aliphatic carbocycles. The molecule has 112 valence electrons. The lowest BCUT2D eigenvalue weighted by molar-refractivity contribution is -0.118. The topological polar surface area (TPSA) is 68.0 Å². The number of benzene rings is 1. The zero-order valence-electron chi connectivity index (χ0n) is 12.2. The summed E-state index contributed by atoms with van der Waals surface area (Å²) < 4.78 is 13.0. The number of thiazole rings is 1. The monoisotopic (exact) mass is 307 g/mol. The maximum Gasteiger partial charge on any atom is 0.243 e. The van der Waals surface area contributed by atoms with Gasteiger partial charge < -0.3 is 11.1 Å². The third-order valence-electron chi connectivity index (χ3n) is 3.17. The third-order valence-corrected chi connectivity index (χ3v) is 4.05. The van der Waals surface area contributed by atoms with Crippen molar-refractivity contribution in [3.8, 4) is 11.3 Å². The highest BCUT2D eigenvalue weighted by Gasteiger charge is 2.19. The van der Waals surface area contributed by atoms with E-state index in [0.29, 0.717) is 5.13 Å². The van der Waals surface area contributed by atoms with Gasteiger partial charge in [-0.05, 0) is 37.1 Å². The largest absolute Gasteiger partial charge is 0.320 e. The van der Waals surface area contributed by atoms with E-state index >= 15 is 0 Å². The maximum absolute atomic E-state index is 13.0. The molecule has 0 radical (unpaired) electrons. The molecule has 0 spiro atoms. The van der Waals surface area contributed by atoms with E-state index in [1.165, 1.54) is 23.5 Å². The second-order valence-electron chi connectivity index (χ2n) is 5.19. The highest BCUT2D eigenvalue weighted by Crippen LogP contribution is 2.30. The van der Waals surface area contributed by atoms with Crippen molar-refractivity contribution in [3.05, 3.63) is 35.0 Å². The Morgan fingerprint density at radius 3 is 2.52 bits per heavy atom. The minimum Gasteiger partial charge on any atom is -0.320 e. The number of hydrogen-bond donors (Lipinski definition) is 2. The summed E-state index contributed by atoms with van der Waals surface area (Å²) in [6.45, 7) is 5.69. The van der Waals surface area contributed by atoms with Crippen molar-refractivity contribution < 1.29 is 9.18 Å². The van der Waals surface area contributed by atoms with Crippen LogP contribution in [0.1, 0.15) is 18.7 Å². The molecule has 6 heteroatoms. The van der Waals surface area contributed by atoms with Gasteiger partial charge in [0.25, 0.3) is 0 Å². The van der Waals surface area contributed by atoms with Gasteiger partial charge in [0.2, 0.25) is 5.91 Å². The SMILES string of the molecule is Cc1sc(NC(=O)C(N)C(C)C)nc1-c1ccc(F)cc1. The maximum atomic E-state index is 13.0. The Labute approximate surface area is 127 Å². The summed E-state index contributed by atoms with van der Waals surface area (Å²) in [5.41, 5.74) is 7.37. The number of anilines is 1. The number of nitrogens with two attached hydrogens (primary N) is 1. The minimum atomic E-state index is -0.566. The standard InChI is InChI=1S/C15H18FN3OS/c1-8(2)12(17)14(20)19-15-18-13(9(3)21-15)10-4-6-11(16)7-5-10/h4-8,12H,17H2,1-3H3,(H,18,19,20). The highest BCUT2D eigenvalue weighted by molar-refractivity contribution is 7.16. The van der Waals surface area contributed by atoms with E-state index in [4.69, 9.17) is 5.73 Å². The molecule has 0 saturated carbocycles. The lowest BCUT2D eigenvalue weighted by atomic mass is 10.1. The van der Waals surface area contributed by atoms with Gasteiger partial charge in [0.05, 0.1) is 11.7 Å². The van der Waals surface area contributed by atoms with E-state index in [9.17, 15) is 9.18 Å². The number of nitrogens with zero attached hydrogens (tertiary/aromatic N) is 1. The predicted molar refractivity (Wildman–Crippen MR) is 83.7 cm³/mol. The molecule has 1 atom stereocenters. The molecule has 3 N–H and O–H groups in total. The number of hydrogen-bond acceptors (Lipinski definition) is 4. The normalized spacial score (nSPS) is 12.5. The van der Waals surface area contributed by atoms with Crippen LogP contribution in [0.2, 0.25) is 0 Å². The zero-order valence-corrected chi connectivity index (χ0v) is 13.0. The van der Waals surface area contributed by atoms with E-state index in [1.54, 1.807) is 12.1 Å². The van der Waals surface area contributed by atoms with Crippen molar-refractivity contribution in [2.75, 3.05) is 5.32 Å². The van der Waals surface area contributed by atoms with Crippen molar-refractivity contribution >= 4 is 22.4 Å². The Morgan fingerprint density at radius 2 is 1.95 bits per heavy atom. The predicted octanol–water partition coefficient (Wildman–Crippen LogP) is 3.18.